The second-order valence-electron chi connectivity index (χ2n) is 5.11. The summed E-state index contributed by atoms with van der Waals surface area (Å²) < 4.78 is 5.60. The van der Waals surface area contributed by atoms with Crippen LogP contribution < -0.4 is 0 Å². The molecule has 0 aromatic rings. The molecule has 3 atom stereocenters. The smallest absolute Gasteiger partial charge is 0.327 e. The molecule has 0 spiro atoms. The minimum atomic E-state index is -0.904. The number of amides is 1. The molecule has 0 radical (unpaired) electrons. The van der Waals surface area contributed by atoms with Crippen molar-refractivity contribution in [3.8, 4) is 0 Å². The predicted molar refractivity (Wildman–Crippen MR) is 73.0 cm³/mol. The largest absolute Gasteiger partial charge is 0.480 e. The number of hydrogen-bond donors (Lipinski definition) is 1. The number of aliphatic carboxylic acids is 1. The molecule has 3 unspecified atom stereocenters. The van der Waals surface area contributed by atoms with Gasteiger partial charge < -0.3 is 14.7 Å². The molecular formula is C13H21NO4S. The molecule has 2 saturated heterocycles. The lowest BCUT2D eigenvalue weighted by Gasteiger charge is -2.27. The summed E-state index contributed by atoms with van der Waals surface area (Å²) in [4.78, 5) is 24.9. The maximum atomic E-state index is 12.2. The van der Waals surface area contributed by atoms with Gasteiger partial charge in [-0.3, -0.25) is 4.79 Å². The van der Waals surface area contributed by atoms with Gasteiger partial charge in [0.1, 0.15) is 6.04 Å². The second kappa shape index (κ2) is 6.61. The summed E-state index contributed by atoms with van der Waals surface area (Å²) in [5.74, 6) is -0.472. The van der Waals surface area contributed by atoms with Gasteiger partial charge in [0.15, 0.2) is 0 Å². The molecule has 5 nitrogen and oxygen atoms in total. The van der Waals surface area contributed by atoms with Crippen molar-refractivity contribution in [2.24, 2.45) is 0 Å². The van der Waals surface area contributed by atoms with Crippen LogP contribution in [0.5, 0.6) is 0 Å². The lowest BCUT2D eigenvalue weighted by Crippen LogP contribution is -2.45. The second-order valence-corrected chi connectivity index (χ2v) is 6.46. The van der Waals surface area contributed by atoms with E-state index in [9.17, 15) is 9.59 Å². The molecule has 108 valence electrons. The highest BCUT2D eigenvalue weighted by Crippen LogP contribution is 2.30. The summed E-state index contributed by atoms with van der Waals surface area (Å²) in [7, 11) is 0. The Labute approximate surface area is 117 Å². The Hall–Kier alpha value is -0.750. The van der Waals surface area contributed by atoms with E-state index < -0.39 is 12.0 Å². The van der Waals surface area contributed by atoms with E-state index in [2.05, 4.69) is 0 Å². The zero-order chi connectivity index (χ0) is 13.8. The fourth-order valence-corrected chi connectivity index (χ4v) is 3.85. The number of rotatable bonds is 4. The molecule has 0 bridgehead atoms. The maximum absolute atomic E-state index is 12.2. The molecule has 2 heterocycles. The van der Waals surface area contributed by atoms with E-state index in [1.54, 1.807) is 0 Å². The summed E-state index contributed by atoms with van der Waals surface area (Å²) in [6.07, 6.45) is 4.54. The monoisotopic (exact) mass is 287 g/mol. The van der Waals surface area contributed by atoms with Gasteiger partial charge in [-0.2, -0.15) is 0 Å². The summed E-state index contributed by atoms with van der Waals surface area (Å²) in [5.41, 5.74) is 0. The van der Waals surface area contributed by atoms with Gasteiger partial charge in [0, 0.05) is 18.8 Å². The summed E-state index contributed by atoms with van der Waals surface area (Å²) in [6, 6.07) is -0.667. The van der Waals surface area contributed by atoms with Crippen LogP contribution in [-0.4, -0.2) is 51.8 Å². The quantitative estimate of drug-likeness (QED) is 0.852. The highest BCUT2D eigenvalue weighted by Gasteiger charge is 2.39. The summed E-state index contributed by atoms with van der Waals surface area (Å²) >= 11 is 1.52. The first-order valence-corrected chi connectivity index (χ1v) is 7.91. The molecule has 1 N–H and O–H groups in total. The van der Waals surface area contributed by atoms with E-state index in [0.29, 0.717) is 18.6 Å². The number of carboxylic acid groups (broad SMARTS) is 1. The van der Waals surface area contributed by atoms with Crippen molar-refractivity contribution >= 4 is 23.6 Å². The first-order valence-electron chi connectivity index (χ1n) is 6.86. The molecule has 2 aliphatic heterocycles. The standard InChI is InChI=1S/C13H21NO4S/c1-9-14(11(8-19-9)13(16)17)12(15)6-5-10-4-2-3-7-18-10/h9-11H,2-8H2,1H3,(H,16,17). The number of ether oxygens (including phenoxy) is 1. The Morgan fingerprint density at radius 1 is 1.42 bits per heavy atom. The van der Waals surface area contributed by atoms with Crippen molar-refractivity contribution < 1.29 is 19.4 Å². The van der Waals surface area contributed by atoms with E-state index in [1.165, 1.54) is 16.7 Å². The lowest BCUT2D eigenvalue weighted by atomic mass is 10.0. The topological polar surface area (TPSA) is 66.8 Å². The highest BCUT2D eigenvalue weighted by atomic mass is 32.2. The number of hydrogen-bond acceptors (Lipinski definition) is 4. The van der Waals surface area contributed by atoms with E-state index in [0.717, 1.165) is 25.9 Å². The Balaban J connectivity index is 1.85. The van der Waals surface area contributed by atoms with Gasteiger partial charge in [0.2, 0.25) is 5.91 Å². The van der Waals surface area contributed by atoms with Crippen LogP contribution in [0.1, 0.15) is 39.0 Å². The molecule has 0 aromatic heterocycles. The number of carbonyl (C=O) groups is 2. The first kappa shape index (κ1) is 14.7. The van der Waals surface area contributed by atoms with E-state index in [-0.39, 0.29) is 17.4 Å². The van der Waals surface area contributed by atoms with Crippen LogP contribution in [0, 0.1) is 0 Å². The SMILES string of the molecule is CC1SCC(C(=O)O)N1C(=O)CCC1CCCCO1. The Morgan fingerprint density at radius 3 is 2.84 bits per heavy atom. The molecule has 1 amide bonds. The fourth-order valence-electron chi connectivity index (χ4n) is 2.66. The van der Waals surface area contributed by atoms with Crippen molar-refractivity contribution in [2.75, 3.05) is 12.4 Å². The molecule has 0 aliphatic carbocycles. The first-order chi connectivity index (χ1) is 9.09. The molecular weight excluding hydrogens is 266 g/mol. The van der Waals surface area contributed by atoms with Crippen LogP contribution in [0.15, 0.2) is 0 Å². The third kappa shape index (κ3) is 3.63. The van der Waals surface area contributed by atoms with Gasteiger partial charge in [-0.25, -0.2) is 4.79 Å². The average Bonchev–Trinajstić information content (AvgIpc) is 2.79. The summed E-state index contributed by atoms with van der Waals surface area (Å²) in [5, 5.41) is 9.09. The molecule has 2 fully saturated rings. The van der Waals surface area contributed by atoms with Gasteiger partial charge in [-0.1, -0.05) is 0 Å². The van der Waals surface area contributed by atoms with Crippen molar-refractivity contribution in [3.63, 3.8) is 0 Å². The third-order valence-corrected chi connectivity index (χ3v) is 4.97. The predicted octanol–water partition coefficient (Wildman–Crippen LogP) is 1.71. The number of carbonyl (C=O) groups excluding carboxylic acids is 1. The van der Waals surface area contributed by atoms with Gasteiger partial charge in [-0.15, -0.1) is 11.8 Å². The van der Waals surface area contributed by atoms with Crippen molar-refractivity contribution in [1.82, 2.24) is 4.90 Å². The minimum Gasteiger partial charge on any atom is -0.480 e. The Kier molecular flexibility index (Phi) is 5.10. The number of thioether (sulfide) groups is 1. The molecule has 0 aromatic carbocycles. The van der Waals surface area contributed by atoms with E-state index >= 15 is 0 Å². The Bertz CT molecular complexity index is 344. The van der Waals surface area contributed by atoms with E-state index in [1.807, 2.05) is 6.92 Å². The van der Waals surface area contributed by atoms with Crippen molar-refractivity contribution in [2.45, 2.75) is 56.5 Å². The maximum Gasteiger partial charge on any atom is 0.327 e. The Morgan fingerprint density at radius 2 is 2.21 bits per heavy atom. The lowest BCUT2D eigenvalue weighted by molar-refractivity contribution is -0.149. The summed E-state index contributed by atoms with van der Waals surface area (Å²) in [6.45, 7) is 2.68. The van der Waals surface area contributed by atoms with Gasteiger partial charge in [0.25, 0.3) is 0 Å². The molecule has 0 saturated carbocycles. The molecule has 6 heteroatoms. The van der Waals surface area contributed by atoms with Crippen molar-refractivity contribution in [3.05, 3.63) is 0 Å². The van der Waals surface area contributed by atoms with E-state index in [4.69, 9.17) is 9.84 Å². The van der Waals surface area contributed by atoms with Crippen molar-refractivity contribution in [1.29, 1.82) is 0 Å². The molecule has 19 heavy (non-hydrogen) atoms. The average molecular weight is 287 g/mol. The minimum absolute atomic E-state index is 0.0409. The molecule has 2 rings (SSSR count). The van der Waals surface area contributed by atoms with Crippen LogP contribution >= 0.6 is 11.8 Å². The fraction of sp³-hybridized carbons (Fsp3) is 0.846. The zero-order valence-electron chi connectivity index (χ0n) is 11.2. The third-order valence-electron chi connectivity index (χ3n) is 3.75. The van der Waals surface area contributed by atoms with Gasteiger partial charge in [0.05, 0.1) is 11.5 Å². The van der Waals surface area contributed by atoms with Crippen LogP contribution in [-0.2, 0) is 14.3 Å². The van der Waals surface area contributed by atoms with Gasteiger partial charge in [-0.05, 0) is 32.6 Å². The van der Waals surface area contributed by atoms with Crippen LogP contribution in [0.25, 0.3) is 0 Å². The highest BCUT2D eigenvalue weighted by molar-refractivity contribution is 8.00. The number of carboxylic acids is 1. The zero-order valence-corrected chi connectivity index (χ0v) is 12.0. The van der Waals surface area contributed by atoms with Crippen LogP contribution in [0.2, 0.25) is 0 Å². The normalized spacial score (nSPS) is 31.4. The van der Waals surface area contributed by atoms with Gasteiger partial charge >= 0.3 is 5.97 Å². The molecule has 2 aliphatic rings. The van der Waals surface area contributed by atoms with Crippen LogP contribution in [0.3, 0.4) is 0 Å². The number of nitrogens with zero attached hydrogens (tertiary/aromatic N) is 1. The van der Waals surface area contributed by atoms with Crippen LogP contribution in [0.4, 0.5) is 0 Å².